The molecule has 1 heterocycles. The van der Waals surface area contributed by atoms with Crippen molar-refractivity contribution in [3.05, 3.63) is 28.8 Å². The van der Waals surface area contributed by atoms with Gasteiger partial charge in [-0.25, -0.2) is 0 Å². The monoisotopic (exact) mass is 362 g/mol. The largest absolute Gasteiger partial charge is 0.294 e. The molecule has 3 rings (SSSR count). The second-order valence-corrected chi connectivity index (χ2v) is 7.66. The number of anilines is 1. The van der Waals surface area contributed by atoms with Gasteiger partial charge >= 0.3 is 0 Å². The standard InChI is InChI=1S/C19H23ClN2O3/c1-11-4-7-15-16(8-11)19(25)22(18(15)24)10-21(13(3)23)14-6-5-12(2)17(20)9-14/h5-6,9,11,15-16H,4,7-8,10H2,1-3H3/t11-,15+,16+/m1/s1. The molecule has 1 saturated heterocycles. The predicted octanol–water partition coefficient (Wildman–Crippen LogP) is 3.38. The van der Waals surface area contributed by atoms with Crippen LogP contribution in [0.1, 0.15) is 38.7 Å². The lowest BCUT2D eigenvalue weighted by Gasteiger charge is -2.26. The first-order valence-electron chi connectivity index (χ1n) is 8.69. The van der Waals surface area contributed by atoms with E-state index in [4.69, 9.17) is 11.6 Å². The van der Waals surface area contributed by atoms with E-state index < -0.39 is 0 Å². The lowest BCUT2D eigenvalue weighted by molar-refractivity contribution is -0.140. The van der Waals surface area contributed by atoms with Crippen LogP contribution in [0.2, 0.25) is 5.02 Å². The van der Waals surface area contributed by atoms with Gasteiger partial charge in [0.1, 0.15) is 6.67 Å². The molecule has 1 aromatic carbocycles. The van der Waals surface area contributed by atoms with Crippen LogP contribution in [0, 0.1) is 24.7 Å². The molecule has 1 aliphatic heterocycles. The Hall–Kier alpha value is -1.88. The minimum atomic E-state index is -0.233. The zero-order valence-electron chi connectivity index (χ0n) is 14.8. The Morgan fingerprint density at radius 2 is 1.92 bits per heavy atom. The van der Waals surface area contributed by atoms with Gasteiger partial charge < -0.3 is 0 Å². The van der Waals surface area contributed by atoms with Gasteiger partial charge in [-0.1, -0.05) is 24.6 Å². The molecule has 1 aliphatic carbocycles. The highest BCUT2D eigenvalue weighted by molar-refractivity contribution is 6.31. The Morgan fingerprint density at radius 1 is 1.24 bits per heavy atom. The normalized spacial score (nSPS) is 25.9. The molecule has 5 nitrogen and oxygen atoms in total. The van der Waals surface area contributed by atoms with Crippen molar-refractivity contribution in [1.29, 1.82) is 0 Å². The first-order valence-corrected chi connectivity index (χ1v) is 9.07. The van der Waals surface area contributed by atoms with Crippen LogP contribution < -0.4 is 4.90 Å². The number of rotatable bonds is 3. The minimum Gasteiger partial charge on any atom is -0.294 e. The summed E-state index contributed by atoms with van der Waals surface area (Å²) in [5, 5.41) is 0.547. The number of imide groups is 1. The Morgan fingerprint density at radius 3 is 2.56 bits per heavy atom. The van der Waals surface area contributed by atoms with Crippen molar-refractivity contribution in [2.45, 2.75) is 40.0 Å². The summed E-state index contributed by atoms with van der Waals surface area (Å²) in [6, 6.07) is 5.30. The van der Waals surface area contributed by atoms with E-state index in [2.05, 4.69) is 6.92 Å². The molecule has 3 atom stereocenters. The van der Waals surface area contributed by atoms with E-state index in [1.54, 1.807) is 12.1 Å². The number of benzene rings is 1. The maximum atomic E-state index is 12.7. The molecule has 0 aromatic heterocycles. The van der Waals surface area contributed by atoms with Crippen LogP contribution in [-0.2, 0) is 14.4 Å². The van der Waals surface area contributed by atoms with Gasteiger partial charge in [0.25, 0.3) is 0 Å². The number of aryl methyl sites for hydroxylation is 1. The number of hydrogen-bond acceptors (Lipinski definition) is 3. The fourth-order valence-electron chi connectivity index (χ4n) is 3.85. The van der Waals surface area contributed by atoms with E-state index in [0.29, 0.717) is 16.6 Å². The molecule has 134 valence electrons. The molecular weight excluding hydrogens is 340 g/mol. The molecule has 0 N–H and O–H groups in total. The average molecular weight is 363 g/mol. The lowest BCUT2D eigenvalue weighted by Crippen LogP contribution is -2.44. The van der Waals surface area contributed by atoms with E-state index in [1.807, 2.05) is 13.0 Å². The predicted molar refractivity (Wildman–Crippen MR) is 96.1 cm³/mol. The van der Waals surface area contributed by atoms with E-state index in [9.17, 15) is 14.4 Å². The molecule has 3 amide bonds. The molecule has 0 unspecified atom stereocenters. The van der Waals surface area contributed by atoms with Crippen molar-refractivity contribution in [2.24, 2.45) is 17.8 Å². The summed E-state index contributed by atoms with van der Waals surface area (Å²) in [5.41, 5.74) is 1.49. The van der Waals surface area contributed by atoms with Gasteiger partial charge in [-0.15, -0.1) is 0 Å². The van der Waals surface area contributed by atoms with E-state index in [-0.39, 0.29) is 36.2 Å². The maximum Gasteiger partial charge on any atom is 0.234 e. The summed E-state index contributed by atoms with van der Waals surface area (Å²) in [6.07, 6.45) is 2.48. The summed E-state index contributed by atoms with van der Waals surface area (Å²) < 4.78 is 0. The Labute approximate surface area is 152 Å². The lowest BCUT2D eigenvalue weighted by atomic mass is 9.76. The topological polar surface area (TPSA) is 57.7 Å². The quantitative estimate of drug-likeness (QED) is 0.774. The van der Waals surface area contributed by atoms with Gasteiger partial charge in [0, 0.05) is 17.6 Å². The fourth-order valence-corrected chi connectivity index (χ4v) is 4.03. The van der Waals surface area contributed by atoms with Crippen LogP contribution in [0.15, 0.2) is 18.2 Å². The number of fused-ring (bicyclic) bond motifs is 1. The number of carbonyl (C=O) groups is 3. The van der Waals surface area contributed by atoms with Gasteiger partial charge in [-0.3, -0.25) is 24.2 Å². The van der Waals surface area contributed by atoms with Crippen molar-refractivity contribution < 1.29 is 14.4 Å². The van der Waals surface area contributed by atoms with Crippen LogP contribution >= 0.6 is 11.6 Å². The van der Waals surface area contributed by atoms with E-state index in [1.165, 1.54) is 16.7 Å². The number of carbonyl (C=O) groups excluding carboxylic acids is 3. The third-order valence-electron chi connectivity index (χ3n) is 5.41. The molecule has 0 radical (unpaired) electrons. The summed E-state index contributed by atoms with van der Waals surface area (Å²) in [4.78, 5) is 40.3. The molecular formula is C19H23ClN2O3. The first-order chi connectivity index (χ1) is 11.8. The Bertz CT molecular complexity index is 733. The van der Waals surface area contributed by atoms with Crippen LogP contribution in [0.25, 0.3) is 0 Å². The zero-order chi connectivity index (χ0) is 18.3. The van der Waals surface area contributed by atoms with Gasteiger partial charge in [-0.2, -0.15) is 0 Å². The number of likely N-dealkylation sites (tertiary alicyclic amines) is 1. The second-order valence-electron chi connectivity index (χ2n) is 7.26. The minimum absolute atomic E-state index is 0.0478. The van der Waals surface area contributed by atoms with Gasteiger partial charge in [0.2, 0.25) is 17.7 Å². The highest BCUT2D eigenvalue weighted by atomic mass is 35.5. The number of amides is 3. The fraction of sp³-hybridized carbons (Fsp3) is 0.526. The first kappa shape index (κ1) is 17.9. The third-order valence-corrected chi connectivity index (χ3v) is 5.82. The molecule has 6 heteroatoms. The molecule has 1 aromatic rings. The molecule has 2 fully saturated rings. The summed E-state index contributed by atoms with van der Waals surface area (Å²) in [5.74, 6) is -0.523. The maximum absolute atomic E-state index is 12.7. The Balaban J connectivity index is 1.85. The molecule has 0 spiro atoms. The van der Waals surface area contributed by atoms with Crippen LogP contribution in [0.4, 0.5) is 5.69 Å². The van der Waals surface area contributed by atoms with Crippen molar-refractivity contribution in [3.63, 3.8) is 0 Å². The van der Waals surface area contributed by atoms with Crippen molar-refractivity contribution >= 4 is 35.0 Å². The third kappa shape index (κ3) is 3.30. The summed E-state index contributed by atoms with van der Waals surface area (Å²) in [6.45, 7) is 5.37. The molecule has 2 aliphatic rings. The SMILES string of the molecule is CC(=O)N(CN1C(=O)[C@H]2CC[C@@H](C)C[C@@H]2C1=O)c1ccc(C)c(Cl)c1. The van der Waals surface area contributed by atoms with Gasteiger partial charge in [0.15, 0.2) is 0 Å². The van der Waals surface area contributed by atoms with Crippen LogP contribution in [0.5, 0.6) is 0 Å². The highest BCUT2D eigenvalue weighted by Gasteiger charge is 2.49. The van der Waals surface area contributed by atoms with Crippen molar-refractivity contribution in [1.82, 2.24) is 4.90 Å². The molecule has 25 heavy (non-hydrogen) atoms. The highest BCUT2D eigenvalue weighted by Crippen LogP contribution is 2.40. The number of nitrogens with zero attached hydrogens (tertiary/aromatic N) is 2. The van der Waals surface area contributed by atoms with Crippen LogP contribution in [-0.4, -0.2) is 29.3 Å². The van der Waals surface area contributed by atoms with Crippen molar-refractivity contribution in [2.75, 3.05) is 11.6 Å². The smallest absolute Gasteiger partial charge is 0.234 e. The molecule has 0 bridgehead atoms. The van der Waals surface area contributed by atoms with Gasteiger partial charge in [0.05, 0.1) is 11.8 Å². The molecule has 1 saturated carbocycles. The number of hydrogen-bond donors (Lipinski definition) is 0. The average Bonchev–Trinajstić information content (AvgIpc) is 2.79. The van der Waals surface area contributed by atoms with Crippen molar-refractivity contribution in [3.8, 4) is 0 Å². The summed E-state index contributed by atoms with van der Waals surface area (Å²) >= 11 is 6.17. The summed E-state index contributed by atoms with van der Waals surface area (Å²) in [7, 11) is 0. The van der Waals surface area contributed by atoms with E-state index in [0.717, 1.165) is 24.8 Å². The van der Waals surface area contributed by atoms with E-state index >= 15 is 0 Å². The second kappa shape index (κ2) is 6.79. The Kier molecular flexibility index (Phi) is 4.87. The number of halogens is 1. The zero-order valence-corrected chi connectivity index (χ0v) is 15.5. The van der Waals surface area contributed by atoms with Crippen LogP contribution in [0.3, 0.4) is 0 Å². The van der Waals surface area contributed by atoms with Gasteiger partial charge in [-0.05, 0) is 49.8 Å².